The number of ether oxygens (including phenoxy) is 13. The van der Waals surface area contributed by atoms with Crippen molar-refractivity contribution in [2.45, 2.75) is 97.3 Å². The van der Waals surface area contributed by atoms with Gasteiger partial charge in [0.25, 0.3) is 0 Å². The van der Waals surface area contributed by atoms with Crippen LogP contribution < -0.4 is 0 Å². The minimum atomic E-state index is -0.152. The van der Waals surface area contributed by atoms with E-state index >= 15 is 0 Å². The molecule has 0 spiro atoms. The van der Waals surface area contributed by atoms with Crippen molar-refractivity contribution in [3.8, 4) is 0 Å². The SMILES string of the molecule is CCCCCCCCCCOCCOCCOCCOCCOCCOCCOCCOCCOCCOCCOCCOCCOC(=O)CCCCCC. The zero-order chi connectivity index (χ0) is 39.6. The Balaban J connectivity index is 3.08. The Kier molecular flexibility index (Phi) is 50.1. The topological polar surface area (TPSA) is 137 Å². The third kappa shape index (κ3) is 51.0. The van der Waals surface area contributed by atoms with E-state index < -0.39 is 0 Å². The van der Waals surface area contributed by atoms with Crippen LogP contribution in [0.1, 0.15) is 97.3 Å². The Labute approximate surface area is 334 Å². The molecule has 0 aromatic heterocycles. The summed E-state index contributed by atoms with van der Waals surface area (Å²) in [5.41, 5.74) is 0. The van der Waals surface area contributed by atoms with Gasteiger partial charge in [-0.25, -0.2) is 0 Å². The quantitative estimate of drug-likeness (QED) is 0.0539. The molecule has 0 aromatic carbocycles. The van der Waals surface area contributed by atoms with Gasteiger partial charge in [-0.05, 0) is 12.8 Å². The van der Waals surface area contributed by atoms with Gasteiger partial charge in [0, 0.05) is 13.0 Å². The molecule has 0 radical (unpaired) electrons. The van der Waals surface area contributed by atoms with Crippen LogP contribution in [0.25, 0.3) is 0 Å². The standard InChI is InChI=1S/C41H82O14/c1-3-5-7-9-10-11-12-14-16-43-17-18-44-19-20-45-21-22-46-23-24-47-25-26-48-27-28-49-29-30-50-31-32-51-33-34-52-35-36-53-37-38-54-39-40-55-41(42)15-13-8-6-4-2/h3-40H2,1-2H3. The van der Waals surface area contributed by atoms with Crippen molar-refractivity contribution in [2.75, 3.05) is 165 Å². The molecule has 0 aromatic rings. The first-order chi connectivity index (χ1) is 27.3. The van der Waals surface area contributed by atoms with Crippen molar-refractivity contribution < 1.29 is 66.4 Å². The summed E-state index contributed by atoms with van der Waals surface area (Å²) >= 11 is 0. The van der Waals surface area contributed by atoms with E-state index in [4.69, 9.17) is 61.6 Å². The molecule has 0 rings (SSSR count). The molecular weight excluding hydrogens is 716 g/mol. The van der Waals surface area contributed by atoms with E-state index in [1.807, 2.05) is 0 Å². The van der Waals surface area contributed by atoms with Crippen LogP contribution in [0, 0.1) is 0 Å². The van der Waals surface area contributed by atoms with Crippen LogP contribution in [-0.4, -0.2) is 171 Å². The normalized spacial score (nSPS) is 11.5. The first-order valence-corrected chi connectivity index (χ1v) is 21.4. The minimum Gasteiger partial charge on any atom is -0.463 e. The van der Waals surface area contributed by atoms with E-state index in [1.54, 1.807) is 0 Å². The van der Waals surface area contributed by atoms with Crippen molar-refractivity contribution in [3.63, 3.8) is 0 Å². The Morgan fingerprint density at radius 2 is 0.473 bits per heavy atom. The van der Waals surface area contributed by atoms with Gasteiger partial charge in [-0.3, -0.25) is 4.79 Å². The molecule has 0 amide bonds. The van der Waals surface area contributed by atoms with E-state index in [0.29, 0.717) is 158 Å². The molecule has 0 unspecified atom stereocenters. The maximum atomic E-state index is 11.6. The maximum absolute atomic E-state index is 11.6. The monoisotopic (exact) mass is 799 g/mol. The van der Waals surface area contributed by atoms with Crippen molar-refractivity contribution >= 4 is 5.97 Å². The Morgan fingerprint density at radius 1 is 0.255 bits per heavy atom. The Hall–Kier alpha value is -1.01. The van der Waals surface area contributed by atoms with Crippen LogP contribution in [0.4, 0.5) is 0 Å². The van der Waals surface area contributed by atoms with E-state index in [0.717, 1.165) is 38.7 Å². The highest BCUT2D eigenvalue weighted by Gasteiger charge is 2.02. The molecule has 0 aliphatic heterocycles. The molecule has 0 N–H and O–H groups in total. The molecule has 14 heteroatoms. The molecule has 0 fully saturated rings. The van der Waals surface area contributed by atoms with E-state index in [2.05, 4.69) is 13.8 Å². The van der Waals surface area contributed by atoms with Crippen molar-refractivity contribution in [3.05, 3.63) is 0 Å². The lowest BCUT2D eigenvalue weighted by Gasteiger charge is -2.09. The summed E-state index contributed by atoms with van der Waals surface area (Å²) < 4.78 is 71.2. The molecule has 0 saturated heterocycles. The van der Waals surface area contributed by atoms with Gasteiger partial charge in [0.2, 0.25) is 0 Å². The molecule has 55 heavy (non-hydrogen) atoms. The van der Waals surface area contributed by atoms with Gasteiger partial charge in [-0.2, -0.15) is 0 Å². The lowest BCUT2D eigenvalue weighted by molar-refractivity contribution is -0.145. The summed E-state index contributed by atoms with van der Waals surface area (Å²) in [6.45, 7) is 17.3. The predicted octanol–water partition coefficient (Wildman–Crippen LogP) is 5.84. The third-order valence-corrected chi connectivity index (χ3v) is 7.96. The number of carbonyl (C=O) groups excluding carboxylic acids is 1. The Morgan fingerprint density at radius 3 is 0.764 bits per heavy atom. The van der Waals surface area contributed by atoms with Gasteiger partial charge < -0.3 is 61.6 Å². The fourth-order valence-electron chi connectivity index (χ4n) is 4.84. The summed E-state index contributed by atoms with van der Waals surface area (Å²) in [5, 5.41) is 0. The lowest BCUT2D eigenvalue weighted by Crippen LogP contribution is -2.15. The minimum absolute atomic E-state index is 0.152. The van der Waals surface area contributed by atoms with Crippen molar-refractivity contribution in [2.24, 2.45) is 0 Å². The number of hydrogen-bond donors (Lipinski definition) is 0. The lowest BCUT2D eigenvalue weighted by atomic mass is 10.1. The molecule has 0 bridgehead atoms. The van der Waals surface area contributed by atoms with E-state index in [-0.39, 0.29) is 12.6 Å². The first kappa shape index (κ1) is 54.0. The molecule has 0 aliphatic carbocycles. The van der Waals surface area contributed by atoms with Gasteiger partial charge >= 0.3 is 5.97 Å². The average molecular weight is 799 g/mol. The molecule has 14 nitrogen and oxygen atoms in total. The molecule has 0 heterocycles. The highest BCUT2D eigenvalue weighted by Crippen LogP contribution is 2.08. The van der Waals surface area contributed by atoms with Crippen LogP contribution in [-0.2, 0) is 66.4 Å². The van der Waals surface area contributed by atoms with Crippen LogP contribution in [0.5, 0.6) is 0 Å². The van der Waals surface area contributed by atoms with Gasteiger partial charge in [-0.1, -0.05) is 78.1 Å². The fourth-order valence-corrected chi connectivity index (χ4v) is 4.84. The Bertz CT molecular complexity index is 706. The highest BCUT2D eigenvalue weighted by atomic mass is 16.6. The zero-order valence-electron chi connectivity index (χ0n) is 35.1. The molecule has 0 atom stereocenters. The molecule has 0 aliphatic rings. The second-order valence-electron chi connectivity index (χ2n) is 12.9. The van der Waals surface area contributed by atoms with Gasteiger partial charge in [0.15, 0.2) is 0 Å². The zero-order valence-corrected chi connectivity index (χ0v) is 35.1. The summed E-state index contributed by atoms with van der Waals surface area (Å²) in [4.78, 5) is 11.6. The molecular formula is C41H82O14. The summed E-state index contributed by atoms with van der Waals surface area (Å²) in [6, 6.07) is 0. The van der Waals surface area contributed by atoms with Crippen LogP contribution in [0.3, 0.4) is 0 Å². The van der Waals surface area contributed by atoms with E-state index in [1.165, 1.54) is 44.9 Å². The second kappa shape index (κ2) is 51.0. The molecule has 330 valence electrons. The number of esters is 1. The largest absolute Gasteiger partial charge is 0.463 e. The van der Waals surface area contributed by atoms with Crippen LogP contribution in [0.15, 0.2) is 0 Å². The first-order valence-electron chi connectivity index (χ1n) is 21.4. The summed E-state index contributed by atoms with van der Waals surface area (Å²) in [5.74, 6) is -0.152. The number of carbonyl (C=O) groups is 1. The van der Waals surface area contributed by atoms with Crippen LogP contribution >= 0.6 is 0 Å². The maximum Gasteiger partial charge on any atom is 0.305 e. The second-order valence-corrected chi connectivity index (χ2v) is 12.9. The highest BCUT2D eigenvalue weighted by molar-refractivity contribution is 5.69. The van der Waals surface area contributed by atoms with Crippen molar-refractivity contribution in [1.82, 2.24) is 0 Å². The van der Waals surface area contributed by atoms with E-state index in [9.17, 15) is 4.79 Å². The molecule has 0 saturated carbocycles. The van der Waals surface area contributed by atoms with Crippen LogP contribution in [0.2, 0.25) is 0 Å². The third-order valence-electron chi connectivity index (χ3n) is 7.96. The van der Waals surface area contributed by atoms with Gasteiger partial charge in [0.1, 0.15) is 6.61 Å². The van der Waals surface area contributed by atoms with Crippen molar-refractivity contribution in [1.29, 1.82) is 0 Å². The van der Waals surface area contributed by atoms with Gasteiger partial charge in [0.05, 0.1) is 152 Å². The summed E-state index contributed by atoms with van der Waals surface area (Å²) in [7, 11) is 0. The predicted molar refractivity (Wildman–Crippen MR) is 212 cm³/mol. The average Bonchev–Trinajstić information content (AvgIpc) is 3.19. The fraction of sp³-hybridized carbons (Fsp3) is 0.976. The summed E-state index contributed by atoms with van der Waals surface area (Å²) in [6.07, 6.45) is 15.3. The number of rotatable bonds is 50. The number of unbranched alkanes of at least 4 members (excludes halogenated alkanes) is 10. The smallest absolute Gasteiger partial charge is 0.305 e. The number of hydrogen-bond acceptors (Lipinski definition) is 14. The van der Waals surface area contributed by atoms with Gasteiger partial charge in [-0.15, -0.1) is 0 Å².